The molecule has 0 saturated heterocycles. The predicted octanol–water partition coefficient (Wildman–Crippen LogP) is 4.11. The Morgan fingerprint density at radius 3 is 2.51 bits per heavy atom. The highest BCUT2D eigenvalue weighted by Crippen LogP contribution is 2.23. The molecular weight excluding hydrogens is 468 g/mol. The number of benzene rings is 2. The van der Waals surface area contributed by atoms with Crippen LogP contribution in [0.5, 0.6) is 11.5 Å². The van der Waals surface area contributed by atoms with Crippen molar-refractivity contribution in [3.8, 4) is 28.6 Å². The van der Waals surface area contributed by atoms with Gasteiger partial charge in [-0.25, -0.2) is 9.36 Å². The fraction of sp³-hybridized carbons (Fsp3) is 0.200. The van der Waals surface area contributed by atoms with Crippen molar-refractivity contribution in [2.45, 2.75) is 20.4 Å². The van der Waals surface area contributed by atoms with Crippen molar-refractivity contribution in [3.05, 3.63) is 86.7 Å². The quantitative estimate of drug-likeness (QED) is 0.323. The van der Waals surface area contributed by atoms with E-state index in [1.807, 2.05) is 38.1 Å². The summed E-state index contributed by atoms with van der Waals surface area (Å²) in [5, 5.41) is 5.85. The minimum Gasteiger partial charge on any atom is -0.494 e. The Bertz CT molecular complexity index is 1600. The topological polar surface area (TPSA) is 101 Å². The van der Waals surface area contributed by atoms with Gasteiger partial charge in [0.15, 0.2) is 0 Å². The standard InChI is InChI=1S/C25H22N4O5S/c1-3-32-18-10-8-17(9-11-18)29-24(30)22-20(12-13-35-22)28(25(29)31)15-21-26-23(27-34-21)16-6-5-7-19(14-16)33-4-2/h5-14H,3-4,15H2,1-2H3. The summed E-state index contributed by atoms with van der Waals surface area (Å²) in [6.07, 6.45) is 0. The molecule has 0 fully saturated rings. The second kappa shape index (κ2) is 9.59. The molecule has 0 atom stereocenters. The molecule has 3 aromatic heterocycles. The van der Waals surface area contributed by atoms with Gasteiger partial charge in [-0.1, -0.05) is 17.3 Å². The Morgan fingerprint density at radius 2 is 1.74 bits per heavy atom. The van der Waals surface area contributed by atoms with Crippen LogP contribution >= 0.6 is 11.3 Å². The van der Waals surface area contributed by atoms with Crippen LogP contribution in [0.3, 0.4) is 0 Å². The molecule has 0 N–H and O–H groups in total. The Kier molecular flexibility index (Phi) is 6.19. The van der Waals surface area contributed by atoms with Gasteiger partial charge in [-0.05, 0) is 61.7 Å². The van der Waals surface area contributed by atoms with E-state index in [1.54, 1.807) is 35.7 Å². The van der Waals surface area contributed by atoms with Gasteiger partial charge in [-0.15, -0.1) is 11.3 Å². The van der Waals surface area contributed by atoms with Gasteiger partial charge in [0.25, 0.3) is 5.56 Å². The highest BCUT2D eigenvalue weighted by molar-refractivity contribution is 7.17. The summed E-state index contributed by atoms with van der Waals surface area (Å²) in [6, 6.07) is 16.0. The van der Waals surface area contributed by atoms with Gasteiger partial charge in [0, 0.05) is 5.56 Å². The molecule has 5 rings (SSSR count). The summed E-state index contributed by atoms with van der Waals surface area (Å²) in [5.41, 5.74) is 0.831. The molecule has 0 bridgehead atoms. The van der Waals surface area contributed by atoms with Crippen LogP contribution < -0.4 is 20.7 Å². The number of nitrogens with zero attached hydrogens (tertiary/aromatic N) is 4. The summed E-state index contributed by atoms with van der Waals surface area (Å²) < 4.78 is 19.6. The molecule has 178 valence electrons. The molecule has 35 heavy (non-hydrogen) atoms. The van der Waals surface area contributed by atoms with Gasteiger partial charge in [0.2, 0.25) is 11.7 Å². The first-order chi connectivity index (χ1) is 17.1. The van der Waals surface area contributed by atoms with Crippen LogP contribution in [0.4, 0.5) is 0 Å². The Balaban J connectivity index is 1.54. The molecule has 0 amide bonds. The summed E-state index contributed by atoms with van der Waals surface area (Å²) in [5.74, 6) is 1.99. The fourth-order valence-corrected chi connectivity index (χ4v) is 4.61. The zero-order chi connectivity index (χ0) is 24.4. The van der Waals surface area contributed by atoms with Crippen LogP contribution in [-0.4, -0.2) is 32.5 Å². The summed E-state index contributed by atoms with van der Waals surface area (Å²) in [4.78, 5) is 31.1. The van der Waals surface area contributed by atoms with E-state index in [9.17, 15) is 9.59 Å². The van der Waals surface area contributed by atoms with Crippen molar-refractivity contribution < 1.29 is 14.0 Å². The lowest BCUT2D eigenvalue weighted by Gasteiger charge is -2.11. The van der Waals surface area contributed by atoms with Crippen LogP contribution in [0.1, 0.15) is 19.7 Å². The molecule has 0 aliphatic carbocycles. The van der Waals surface area contributed by atoms with Crippen LogP contribution in [0, 0.1) is 0 Å². The van der Waals surface area contributed by atoms with Crippen LogP contribution in [0.25, 0.3) is 27.3 Å². The maximum absolute atomic E-state index is 13.5. The minimum absolute atomic E-state index is 0.0154. The monoisotopic (exact) mass is 490 g/mol. The summed E-state index contributed by atoms with van der Waals surface area (Å²) >= 11 is 1.28. The third-order valence-corrected chi connectivity index (χ3v) is 6.22. The number of hydrogen-bond donors (Lipinski definition) is 0. The number of fused-ring (bicyclic) bond motifs is 1. The molecule has 10 heteroatoms. The maximum atomic E-state index is 13.5. The Morgan fingerprint density at radius 1 is 0.971 bits per heavy atom. The van der Waals surface area contributed by atoms with E-state index in [1.165, 1.54) is 15.9 Å². The van der Waals surface area contributed by atoms with E-state index < -0.39 is 5.69 Å². The van der Waals surface area contributed by atoms with E-state index in [4.69, 9.17) is 14.0 Å². The first-order valence-corrected chi connectivity index (χ1v) is 12.0. The second-order valence-corrected chi connectivity index (χ2v) is 8.46. The van der Waals surface area contributed by atoms with Crippen molar-refractivity contribution in [2.75, 3.05) is 13.2 Å². The van der Waals surface area contributed by atoms with E-state index >= 15 is 0 Å². The molecule has 0 spiro atoms. The molecule has 0 aliphatic rings. The first-order valence-electron chi connectivity index (χ1n) is 11.1. The number of rotatable bonds is 8. The first kappa shape index (κ1) is 22.6. The van der Waals surface area contributed by atoms with Gasteiger partial charge in [0.05, 0.1) is 24.4 Å². The van der Waals surface area contributed by atoms with Gasteiger partial charge in [0.1, 0.15) is 22.7 Å². The van der Waals surface area contributed by atoms with E-state index in [-0.39, 0.29) is 18.0 Å². The van der Waals surface area contributed by atoms with Crippen molar-refractivity contribution >= 4 is 21.6 Å². The molecule has 5 aromatic rings. The molecular formula is C25H22N4O5S. The molecule has 0 saturated carbocycles. The molecule has 0 unspecified atom stereocenters. The highest BCUT2D eigenvalue weighted by atomic mass is 32.1. The smallest absolute Gasteiger partial charge is 0.336 e. The van der Waals surface area contributed by atoms with E-state index in [0.29, 0.717) is 46.4 Å². The zero-order valence-electron chi connectivity index (χ0n) is 19.1. The van der Waals surface area contributed by atoms with Crippen LogP contribution in [0.15, 0.2) is 74.1 Å². The normalized spacial score (nSPS) is 11.1. The lowest BCUT2D eigenvalue weighted by Crippen LogP contribution is -2.38. The van der Waals surface area contributed by atoms with Gasteiger partial charge in [-0.3, -0.25) is 9.36 Å². The van der Waals surface area contributed by atoms with Crippen molar-refractivity contribution in [3.63, 3.8) is 0 Å². The predicted molar refractivity (Wildman–Crippen MR) is 133 cm³/mol. The number of ether oxygens (including phenoxy) is 2. The molecule has 0 aliphatic heterocycles. The van der Waals surface area contributed by atoms with Crippen LogP contribution in [-0.2, 0) is 6.54 Å². The minimum atomic E-state index is -0.497. The number of thiophene rings is 1. The average Bonchev–Trinajstić information content (AvgIpc) is 3.54. The zero-order valence-corrected chi connectivity index (χ0v) is 19.9. The number of hydrogen-bond acceptors (Lipinski definition) is 8. The molecule has 2 aromatic carbocycles. The number of aromatic nitrogens is 4. The van der Waals surface area contributed by atoms with Crippen molar-refractivity contribution in [1.29, 1.82) is 0 Å². The van der Waals surface area contributed by atoms with Crippen molar-refractivity contribution in [2.24, 2.45) is 0 Å². The molecule has 0 radical (unpaired) electrons. The third-order valence-electron chi connectivity index (χ3n) is 5.33. The van der Waals surface area contributed by atoms with Crippen LogP contribution in [0.2, 0.25) is 0 Å². The maximum Gasteiger partial charge on any atom is 0.336 e. The summed E-state index contributed by atoms with van der Waals surface area (Å²) in [6.45, 7) is 4.89. The Labute approximate surface area is 203 Å². The van der Waals surface area contributed by atoms with Gasteiger partial charge in [-0.2, -0.15) is 4.98 Å². The van der Waals surface area contributed by atoms with E-state index in [2.05, 4.69) is 10.1 Å². The lowest BCUT2D eigenvalue weighted by molar-refractivity contribution is 0.340. The fourth-order valence-electron chi connectivity index (χ4n) is 3.79. The van der Waals surface area contributed by atoms with Gasteiger partial charge < -0.3 is 14.0 Å². The lowest BCUT2D eigenvalue weighted by atomic mass is 10.2. The Hall–Kier alpha value is -4.18. The van der Waals surface area contributed by atoms with Crippen molar-refractivity contribution in [1.82, 2.24) is 19.3 Å². The highest BCUT2D eigenvalue weighted by Gasteiger charge is 2.18. The average molecular weight is 491 g/mol. The molecule has 9 nitrogen and oxygen atoms in total. The SMILES string of the molecule is CCOc1ccc(-n2c(=O)c3sccc3n(Cc3nc(-c4cccc(OCC)c4)no3)c2=O)cc1. The largest absolute Gasteiger partial charge is 0.494 e. The second-order valence-electron chi connectivity index (χ2n) is 7.54. The van der Waals surface area contributed by atoms with E-state index in [0.717, 1.165) is 10.1 Å². The third kappa shape index (κ3) is 4.35. The summed E-state index contributed by atoms with van der Waals surface area (Å²) in [7, 11) is 0. The van der Waals surface area contributed by atoms with Gasteiger partial charge >= 0.3 is 5.69 Å². The molecule has 3 heterocycles.